The van der Waals surface area contributed by atoms with Gasteiger partial charge in [-0.2, -0.15) is 0 Å². The molecule has 188 valence electrons. The second kappa shape index (κ2) is 12.0. The van der Waals surface area contributed by atoms with Crippen LogP contribution < -0.4 is 5.32 Å². The summed E-state index contributed by atoms with van der Waals surface area (Å²) in [5, 5.41) is 13.8. The first-order valence-electron chi connectivity index (χ1n) is 12.6. The van der Waals surface area contributed by atoms with Gasteiger partial charge in [0.05, 0.1) is 24.4 Å². The van der Waals surface area contributed by atoms with E-state index in [1.54, 1.807) is 0 Å². The molecule has 2 atom stereocenters. The molecule has 0 heterocycles. The number of aliphatic imine (C=N–C) groups is 1. The van der Waals surface area contributed by atoms with Crippen molar-refractivity contribution in [2.75, 3.05) is 26.8 Å². The number of fused-ring (bicyclic) bond motifs is 1. The Morgan fingerprint density at radius 1 is 1.06 bits per heavy atom. The molecule has 0 radical (unpaired) electrons. The molecular weight excluding hydrogens is 450 g/mol. The predicted molar refractivity (Wildman–Crippen MR) is 145 cm³/mol. The van der Waals surface area contributed by atoms with Crippen molar-refractivity contribution in [1.82, 2.24) is 10.2 Å². The summed E-state index contributed by atoms with van der Waals surface area (Å²) in [5.74, 6) is 0.677. The van der Waals surface area contributed by atoms with Gasteiger partial charge in [-0.1, -0.05) is 55.5 Å². The molecule has 0 unspecified atom stereocenters. The molecular formula is C30H35N3O3. The van der Waals surface area contributed by atoms with Gasteiger partial charge in [-0.3, -0.25) is 4.79 Å². The summed E-state index contributed by atoms with van der Waals surface area (Å²) in [7, 11) is 2.00. The van der Waals surface area contributed by atoms with Gasteiger partial charge in [0.15, 0.2) is 0 Å². The van der Waals surface area contributed by atoms with Crippen molar-refractivity contribution in [2.45, 2.75) is 38.8 Å². The number of nitrogens with one attached hydrogen (secondary N) is 1. The van der Waals surface area contributed by atoms with Gasteiger partial charge >= 0.3 is 0 Å². The van der Waals surface area contributed by atoms with Crippen molar-refractivity contribution in [2.24, 2.45) is 4.99 Å². The Hall–Kier alpha value is -3.48. The number of nitrogens with zero attached hydrogens (tertiary/aromatic N) is 2. The number of hydrogen-bond donors (Lipinski definition) is 2. The maximum Gasteiger partial charge on any atom is 0.251 e. The van der Waals surface area contributed by atoms with Gasteiger partial charge in [0.2, 0.25) is 0 Å². The van der Waals surface area contributed by atoms with E-state index in [1.165, 1.54) is 0 Å². The number of benzene rings is 3. The number of hydrogen-bond acceptors (Lipinski definition) is 4. The second-order valence-corrected chi connectivity index (χ2v) is 9.24. The van der Waals surface area contributed by atoms with E-state index in [-0.39, 0.29) is 5.91 Å². The van der Waals surface area contributed by atoms with E-state index >= 15 is 0 Å². The van der Waals surface area contributed by atoms with Crippen LogP contribution in [0.25, 0.3) is 11.1 Å². The van der Waals surface area contributed by atoms with Crippen molar-refractivity contribution in [3.8, 4) is 11.1 Å². The lowest BCUT2D eigenvalue weighted by molar-refractivity contribution is 0.0858. The maximum absolute atomic E-state index is 13.0. The van der Waals surface area contributed by atoms with Gasteiger partial charge in [0.1, 0.15) is 5.84 Å². The fourth-order valence-electron chi connectivity index (χ4n) is 4.40. The minimum Gasteiger partial charge on any atom is -0.390 e. The highest BCUT2D eigenvalue weighted by atomic mass is 16.5. The lowest BCUT2D eigenvalue weighted by Crippen LogP contribution is -2.33. The van der Waals surface area contributed by atoms with E-state index in [2.05, 4.69) is 17.1 Å². The number of carbonyl (C=O) groups excluding carboxylic acids is 1. The van der Waals surface area contributed by atoms with Crippen molar-refractivity contribution in [3.63, 3.8) is 0 Å². The number of rotatable bonds is 9. The van der Waals surface area contributed by atoms with Crippen molar-refractivity contribution >= 4 is 17.4 Å². The van der Waals surface area contributed by atoms with E-state index in [9.17, 15) is 9.90 Å². The van der Waals surface area contributed by atoms with Gasteiger partial charge in [0.25, 0.3) is 5.91 Å². The van der Waals surface area contributed by atoms with Crippen LogP contribution in [0.15, 0.2) is 77.8 Å². The van der Waals surface area contributed by atoms with Gasteiger partial charge in [-0.05, 0) is 59.9 Å². The average Bonchev–Trinajstić information content (AvgIpc) is 3.21. The Balaban J connectivity index is 1.45. The monoisotopic (exact) mass is 485 g/mol. The molecule has 2 N–H and O–H groups in total. The highest BCUT2D eigenvalue weighted by molar-refractivity contribution is 5.95. The van der Waals surface area contributed by atoms with Crippen LogP contribution in [0.5, 0.6) is 0 Å². The first kappa shape index (κ1) is 25.6. The summed E-state index contributed by atoms with van der Waals surface area (Å²) in [6, 6.07) is 23.1. The third-order valence-electron chi connectivity index (χ3n) is 6.58. The van der Waals surface area contributed by atoms with Crippen LogP contribution in [0.2, 0.25) is 0 Å². The number of likely N-dealkylation sites (N-methyl/N-ethyl adjacent to an activating group) is 1. The molecule has 6 heteroatoms. The molecule has 0 saturated heterocycles. The third-order valence-corrected chi connectivity index (χ3v) is 6.58. The summed E-state index contributed by atoms with van der Waals surface area (Å²) in [6.07, 6.45) is 0.838. The van der Waals surface area contributed by atoms with Crippen LogP contribution in [0.4, 0.5) is 5.69 Å². The normalized spacial score (nSPS) is 17.1. The number of aliphatic hydroxyl groups is 1. The Morgan fingerprint density at radius 2 is 1.78 bits per heavy atom. The van der Waals surface area contributed by atoms with Gasteiger partial charge in [0, 0.05) is 32.2 Å². The Kier molecular flexibility index (Phi) is 8.52. The van der Waals surface area contributed by atoms with Gasteiger partial charge in [-0.15, -0.1) is 0 Å². The Morgan fingerprint density at radius 3 is 2.50 bits per heavy atom. The molecule has 4 rings (SSSR count). The van der Waals surface area contributed by atoms with E-state index < -0.39 is 12.1 Å². The van der Waals surface area contributed by atoms with Crippen LogP contribution in [-0.2, 0) is 11.2 Å². The molecule has 0 bridgehead atoms. The summed E-state index contributed by atoms with van der Waals surface area (Å²) in [5.41, 5.74) is 5.47. The summed E-state index contributed by atoms with van der Waals surface area (Å²) in [6.45, 7) is 6.26. The van der Waals surface area contributed by atoms with E-state index in [4.69, 9.17) is 9.73 Å². The third kappa shape index (κ3) is 6.20. The fourth-order valence-corrected chi connectivity index (χ4v) is 4.40. The average molecular weight is 486 g/mol. The SMILES string of the molecule is CCCOCCN(C)C(C)=Nc1ccc2c(c1)[C@@H](NC(=O)c1ccc(-c3ccccc3)cc1)[C@H](O)C2. The van der Waals surface area contributed by atoms with E-state index in [0.717, 1.165) is 53.3 Å². The smallest absolute Gasteiger partial charge is 0.251 e. The molecule has 6 nitrogen and oxygen atoms in total. The first-order valence-corrected chi connectivity index (χ1v) is 12.6. The summed E-state index contributed by atoms with van der Waals surface area (Å²) in [4.78, 5) is 19.9. The molecule has 0 spiro atoms. The molecule has 36 heavy (non-hydrogen) atoms. The molecule has 3 aromatic rings. The lowest BCUT2D eigenvalue weighted by Gasteiger charge is -2.20. The quantitative estimate of drug-likeness (QED) is 0.250. The molecule has 0 aromatic heterocycles. The number of aliphatic hydroxyl groups excluding tert-OH is 1. The van der Waals surface area contributed by atoms with E-state index in [0.29, 0.717) is 18.6 Å². The van der Waals surface area contributed by atoms with Crippen molar-refractivity contribution in [3.05, 3.63) is 89.5 Å². The molecule has 3 aromatic carbocycles. The second-order valence-electron chi connectivity index (χ2n) is 9.24. The molecule has 0 fully saturated rings. The molecule has 1 aliphatic carbocycles. The molecule has 1 aliphatic rings. The van der Waals surface area contributed by atoms with Gasteiger partial charge in [-0.25, -0.2) is 4.99 Å². The first-order chi connectivity index (χ1) is 17.5. The number of carbonyl (C=O) groups is 1. The summed E-state index contributed by atoms with van der Waals surface area (Å²) >= 11 is 0. The fraction of sp³-hybridized carbons (Fsp3) is 0.333. The van der Waals surface area contributed by atoms with Crippen LogP contribution in [0, 0.1) is 0 Å². The Labute approximate surface area is 213 Å². The topological polar surface area (TPSA) is 74.2 Å². The highest BCUT2D eigenvalue weighted by Crippen LogP contribution is 2.34. The zero-order chi connectivity index (χ0) is 25.5. The maximum atomic E-state index is 13.0. The van der Waals surface area contributed by atoms with Crippen molar-refractivity contribution in [1.29, 1.82) is 0 Å². The minimum atomic E-state index is -0.675. The zero-order valence-electron chi connectivity index (χ0n) is 21.3. The Bertz CT molecular complexity index is 1190. The van der Waals surface area contributed by atoms with Crippen LogP contribution in [0.1, 0.15) is 47.8 Å². The minimum absolute atomic E-state index is 0.205. The number of ether oxygens (including phenoxy) is 1. The van der Waals surface area contributed by atoms with E-state index in [1.807, 2.05) is 86.8 Å². The standard InChI is InChI=1S/C30H35N3O3/c1-4-17-36-18-16-33(3)21(2)31-26-15-14-25-19-28(34)29(27(25)20-26)32-30(35)24-12-10-23(11-13-24)22-8-6-5-7-9-22/h5-15,20,28-29,34H,4,16-19H2,1-3H3,(H,32,35)/t28-,29-/m1/s1. The predicted octanol–water partition coefficient (Wildman–Crippen LogP) is 5.15. The van der Waals surface area contributed by atoms with Gasteiger partial charge < -0.3 is 20.1 Å². The van der Waals surface area contributed by atoms with Crippen LogP contribution >= 0.6 is 0 Å². The largest absolute Gasteiger partial charge is 0.390 e. The summed E-state index contributed by atoms with van der Waals surface area (Å²) < 4.78 is 5.58. The van der Waals surface area contributed by atoms with Crippen molar-refractivity contribution < 1.29 is 14.6 Å². The molecule has 1 amide bonds. The zero-order valence-corrected chi connectivity index (χ0v) is 21.3. The number of amidine groups is 1. The van der Waals surface area contributed by atoms with Crippen LogP contribution in [-0.4, -0.2) is 54.7 Å². The van der Waals surface area contributed by atoms with Crippen LogP contribution in [0.3, 0.4) is 0 Å². The number of amides is 1. The highest BCUT2D eigenvalue weighted by Gasteiger charge is 2.32. The molecule has 0 aliphatic heterocycles. The molecule has 0 saturated carbocycles. The lowest BCUT2D eigenvalue weighted by atomic mass is 10.0.